The largest absolute Gasteiger partial charge is 0.446 e. The third-order valence-electron chi connectivity index (χ3n) is 6.84. The number of halogens is 3. The van der Waals surface area contributed by atoms with E-state index in [9.17, 15) is 22.8 Å². The van der Waals surface area contributed by atoms with Crippen LogP contribution in [-0.4, -0.2) is 86.3 Å². The Hall–Kier alpha value is -2.60. The monoisotopic (exact) mass is 497 g/mol. The first-order valence-electron chi connectivity index (χ1n) is 11.2. The van der Waals surface area contributed by atoms with Gasteiger partial charge < -0.3 is 24.8 Å². The lowest BCUT2D eigenvalue weighted by Crippen LogP contribution is -2.72. The molecule has 3 fully saturated rings. The van der Waals surface area contributed by atoms with Crippen molar-refractivity contribution in [2.24, 2.45) is 5.41 Å². The van der Waals surface area contributed by atoms with Gasteiger partial charge in [0.1, 0.15) is 11.9 Å². The molecule has 184 valence electrons. The van der Waals surface area contributed by atoms with Crippen LogP contribution in [0.1, 0.15) is 28.8 Å². The molecule has 0 bridgehead atoms. The van der Waals surface area contributed by atoms with Crippen molar-refractivity contribution in [3.63, 3.8) is 0 Å². The van der Waals surface area contributed by atoms with Gasteiger partial charge in [-0.3, -0.25) is 4.79 Å². The second kappa shape index (κ2) is 8.26. The van der Waals surface area contributed by atoms with Gasteiger partial charge in [-0.2, -0.15) is 13.2 Å². The van der Waals surface area contributed by atoms with Gasteiger partial charge in [0, 0.05) is 70.0 Å². The Morgan fingerprint density at radius 3 is 2.47 bits per heavy atom. The average molecular weight is 498 g/mol. The summed E-state index contributed by atoms with van der Waals surface area (Å²) in [5.41, 5.74) is -0.387. The Morgan fingerprint density at radius 1 is 1.21 bits per heavy atom. The highest BCUT2D eigenvalue weighted by Gasteiger charge is 2.52. The van der Waals surface area contributed by atoms with Crippen LogP contribution in [0.15, 0.2) is 11.4 Å². The van der Waals surface area contributed by atoms with Crippen molar-refractivity contribution in [2.75, 3.05) is 58.3 Å². The van der Waals surface area contributed by atoms with Gasteiger partial charge in [0.05, 0.1) is 21.3 Å². The van der Waals surface area contributed by atoms with E-state index < -0.39 is 17.6 Å². The first kappa shape index (κ1) is 23.2. The number of fused-ring (bicyclic) bond motifs is 1. The summed E-state index contributed by atoms with van der Waals surface area (Å²) in [4.78, 5) is 34.7. The summed E-state index contributed by atoms with van der Waals surface area (Å²) < 4.78 is 46.9. The molecule has 5 rings (SSSR count). The predicted octanol–water partition coefficient (Wildman–Crippen LogP) is 3.03. The molecule has 0 aromatic carbocycles. The topological polar surface area (TPSA) is 78.0 Å². The standard InChI is InChI=1S/C22H26F3N5O3S/c1-26-19(31)14-8-34-18-15(22(23,24)25)7-16(27-17(14)18)29-5-3-13(4-6-29)33-20(32)30-11-21(12-30)9-28(2)10-21/h7-8,13H,3-6,9-12H2,1-2H3,(H,26,31). The van der Waals surface area contributed by atoms with Crippen LogP contribution in [0.4, 0.5) is 23.8 Å². The molecule has 2 aromatic rings. The normalized spacial score (nSPS) is 20.9. The average Bonchev–Trinajstić information content (AvgIpc) is 3.17. The highest BCUT2D eigenvalue weighted by atomic mass is 32.1. The quantitative estimate of drug-likeness (QED) is 0.703. The number of pyridine rings is 1. The predicted molar refractivity (Wildman–Crippen MR) is 121 cm³/mol. The third-order valence-corrected chi connectivity index (χ3v) is 7.84. The number of nitrogens with zero attached hydrogens (tertiary/aromatic N) is 4. The summed E-state index contributed by atoms with van der Waals surface area (Å²) in [6, 6.07) is 1.05. The minimum absolute atomic E-state index is 0.0519. The molecule has 1 N–H and O–H groups in total. The van der Waals surface area contributed by atoms with E-state index in [-0.39, 0.29) is 39.2 Å². The fourth-order valence-corrected chi connectivity index (χ4v) is 6.30. The first-order valence-corrected chi connectivity index (χ1v) is 12.1. The van der Waals surface area contributed by atoms with Crippen LogP contribution in [0.2, 0.25) is 0 Å². The number of rotatable bonds is 3. The molecule has 8 nitrogen and oxygen atoms in total. The van der Waals surface area contributed by atoms with Crippen molar-refractivity contribution in [3.8, 4) is 0 Å². The Bertz CT molecular complexity index is 1110. The molecule has 3 aliphatic rings. The third kappa shape index (κ3) is 4.06. The van der Waals surface area contributed by atoms with Gasteiger partial charge in [-0.15, -0.1) is 11.3 Å². The molecular formula is C22H26F3N5O3S. The number of carbonyl (C=O) groups is 2. The second-order valence-electron chi connectivity index (χ2n) is 9.53. The number of ether oxygens (including phenoxy) is 1. The fraction of sp³-hybridized carbons (Fsp3) is 0.591. The second-order valence-corrected chi connectivity index (χ2v) is 10.4. The van der Waals surface area contributed by atoms with Crippen molar-refractivity contribution in [1.29, 1.82) is 0 Å². The van der Waals surface area contributed by atoms with Crippen LogP contribution in [0, 0.1) is 5.41 Å². The SMILES string of the molecule is CNC(=O)c1csc2c(C(F)(F)F)cc(N3CCC(OC(=O)N4CC5(CN(C)C5)C4)CC3)nc12. The molecular weight excluding hydrogens is 471 g/mol. The number of hydrogen-bond donors (Lipinski definition) is 1. The van der Waals surface area contributed by atoms with Gasteiger partial charge in [0.15, 0.2) is 0 Å². The van der Waals surface area contributed by atoms with Gasteiger partial charge in [-0.05, 0) is 13.1 Å². The molecule has 3 saturated heterocycles. The maximum atomic E-state index is 13.8. The molecule has 34 heavy (non-hydrogen) atoms. The minimum atomic E-state index is -4.57. The highest BCUT2D eigenvalue weighted by molar-refractivity contribution is 7.17. The van der Waals surface area contributed by atoms with Crippen LogP contribution in [0.25, 0.3) is 10.2 Å². The number of aromatic nitrogens is 1. The Kier molecular flexibility index (Phi) is 5.63. The van der Waals surface area contributed by atoms with E-state index in [1.807, 2.05) is 0 Å². The summed E-state index contributed by atoms with van der Waals surface area (Å²) in [6.45, 7) is 4.24. The summed E-state index contributed by atoms with van der Waals surface area (Å²) in [6.07, 6.45) is -4.16. The van der Waals surface area contributed by atoms with Crippen molar-refractivity contribution >= 4 is 39.4 Å². The number of carbonyl (C=O) groups excluding carboxylic acids is 2. The molecule has 1 spiro atoms. The van der Waals surface area contributed by atoms with Crippen molar-refractivity contribution in [2.45, 2.75) is 25.1 Å². The van der Waals surface area contributed by atoms with Crippen LogP contribution in [-0.2, 0) is 10.9 Å². The molecule has 0 aliphatic carbocycles. The molecule has 12 heteroatoms. The van der Waals surface area contributed by atoms with Crippen LogP contribution < -0.4 is 10.2 Å². The van der Waals surface area contributed by atoms with E-state index in [1.165, 1.54) is 12.4 Å². The maximum absolute atomic E-state index is 13.8. The van der Waals surface area contributed by atoms with E-state index in [4.69, 9.17) is 4.74 Å². The number of alkyl halides is 3. The number of amides is 2. The molecule has 0 radical (unpaired) electrons. The molecule has 3 aliphatic heterocycles. The zero-order chi connectivity index (χ0) is 24.3. The number of likely N-dealkylation sites (tertiary alicyclic amines) is 2. The number of hydrogen-bond acceptors (Lipinski definition) is 7. The van der Waals surface area contributed by atoms with Gasteiger partial charge in [-0.25, -0.2) is 9.78 Å². The van der Waals surface area contributed by atoms with Gasteiger partial charge in [0.25, 0.3) is 5.91 Å². The molecule has 2 amide bonds. The summed E-state index contributed by atoms with van der Waals surface area (Å²) in [7, 11) is 3.49. The minimum Gasteiger partial charge on any atom is -0.446 e. The fourth-order valence-electron chi connectivity index (χ4n) is 5.27. The van der Waals surface area contributed by atoms with Crippen LogP contribution in [0.3, 0.4) is 0 Å². The van der Waals surface area contributed by atoms with E-state index in [0.29, 0.717) is 39.0 Å². The lowest BCUT2D eigenvalue weighted by molar-refractivity contribution is -0.136. The van der Waals surface area contributed by atoms with Crippen LogP contribution >= 0.6 is 11.3 Å². The molecule has 0 unspecified atom stereocenters. The van der Waals surface area contributed by atoms with Crippen molar-refractivity contribution in [1.82, 2.24) is 20.1 Å². The smallest absolute Gasteiger partial charge is 0.417 e. The first-order chi connectivity index (χ1) is 16.1. The number of thiophene rings is 1. The summed E-state index contributed by atoms with van der Waals surface area (Å²) in [5.74, 6) is -0.303. The van der Waals surface area contributed by atoms with Gasteiger partial charge >= 0.3 is 12.3 Å². The zero-order valence-corrected chi connectivity index (χ0v) is 19.8. The van der Waals surface area contributed by atoms with Crippen molar-refractivity contribution < 1.29 is 27.5 Å². The maximum Gasteiger partial charge on any atom is 0.417 e. The van der Waals surface area contributed by atoms with E-state index >= 15 is 0 Å². The van der Waals surface area contributed by atoms with Gasteiger partial charge in [0.2, 0.25) is 0 Å². The van der Waals surface area contributed by atoms with Crippen molar-refractivity contribution in [3.05, 3.63) is 22.6 Å². The lowest BCUT2D eigenvalue weighted by Gasteiger charge is -2.59. The van der Waals surface area contributed by atoms with E-state index in [1.54, 1.807) is 9.80 Å². The molecule has 5 heterocycles. The van der Waals surface area contributed by atoms with Crippen LogP contribution in [0.5, 0.6) is 0 Å². The van der Waals surface area contributed by atoms with Gasteiger partial charge in [-0.1, -0.05) is 0 Å². The summed E-state index contributed by atoms with van der Waals surface area (Å²) >= 11 is 0.863. The summed E-state index contributed by atoms with van der Waals surface area (Å²) in [5, 5.41) is 3.86. The highest BCUT2D eigenvalue weighted by Crippen LogP contribution is 2.41. The molecule has 0 atom stereocenters. The van der Waals surface area contributed by atoms with E-state index in [0.717, 1.165) is 30.5 Å². The Morgan fingerprint density at radius 2 is 1.88 bits per heavy atom. The molecule has 2 aromatic heterocycles. The lowest BCUT2D eigenvalue weighted by atomic mass is 9.73. The number of anilines is 1. The Labute approximate surface area is 198 Å². The number of piperidine rings is 1. The zero-order valence-electron chi connectivity index (χ0n) is 18.9. The van der Waals surface area contributed by atoms with E-state index in [2.05, 4.69) is 22.2 Å². The molecule has 0 saturated carbocycles. The Balaban J connectivity index is 1.26. The number of nitrogens with one attached hydrogen (secondary N) is 1.